The Morgan fingerprint density at radius 2 is 2.15 bits per heavy atom. The lowest BCUT2D eigenvalue weighted by Gasteiger charge is -2.30. The van der Waals surface area contributed by atoms with E-state index in [1.807, 2.05) is 6.92 Å². The molecular formula is C15H24N2O2S. The molecule has 1 aliphatic heterocycles. The maximum absolute atomic E-state index is 11.5. The molecule has 1 N–H and O–H groups in total. The predicted molar refractivity (Wildman–Crippen MR) is 82.1 cm³/mol. The summed E-state index contributed by atoms with van der Waals surface area (Å²) in [6.45, 7) is 5.10. The maximum Gasteiger partial charge on any atom is 0.407 e. The second-order valence-electron chi connectivity index (χ2n) is 5.08. The van der Waals surface area contributed by atoms with E-state index in [2.05, 4.69) is 27.7 Å². The van der Waals surface area contributed by atoms with Gasteiger partial charge >= 0.3 is 6.09 Å². The normalized spacial score (nSPS) is 18.2. The van der Waals surface area contributed by atoms with Crippen LogP contribution in [0.5, 0.6) is 0 Å². The fourth-order valence-electron chi connectivity index (χ4n) is 2.66. The molecular weight excluding hydrogens is 272 g/mol. The molecule has 1 aromatic rings. The molecule has 0 saturated carbocycles. The van der Waals surface area contributed by atoms with Gasteiger partial charge in [0.05, 0.1) is 12.6 Å². The first kappa shape index (κ1) is 15.3. The minimum atomic E-state index is -0.316. The van der Waals surface area contributed by atoms with Gasteiger partial charge in [0.2, 0.25) is 0 Å². The van der Waals surface area contributed by atoms with Crippen molar-refractivity contribution in [3.8, 4) is 0 Å². The molecule has 1 aliphatic rings. The summed E-state index contributed by atoms with van der Waals surface area (Å²) in [7, 11) is 0. The highest BCUT2D eigenvalue weighted by molar-refractivity contribution is 7.10. The Kier molecular flexibility index (Phi) is 6.33. The standard InChI is InChI=1S/C15H24N2O2S/c1-2-19-15(18)16-12-13(14-8-7-11-20-14)17-9-5-3-4-6-10-17/h7-8,11,13H,2-6,9-10,12H2,1H3,(H,16,18). The van der Waals surface area contributed by atoms with E-state index < -0.39 is 0 Å². The molecule has 20 heavy (non-hydrogen) atoms. The lowest BCUT2D eigenvalue weighted by molar-refractivity contribution is 0.143. The fourth-order valence-corrected chi connectivity index (χ4v) is 3.52. The quantitative estimate of drug-likeness (QED) is 0.905. The summed E-state index contributed by atoms with van der Waals surface area (Å²) in [5.74, 6) is 0. The Labute approximate surface area is 125 Å². The Morgan fingerprint density at radius 3 is 2.75 bits per heavy atom. The van der Waals surface area contributed by atoms with Gasteiger partial charge in [0.1, 0.15) is 0 Å². The van der Waals surface area contributed by atoms with Crippen molar-refractivity contribution in [3.05, 3.63) is 22.4 Å². The van der Waals surface area contributed by atoms with Gasteiger partial charge in [0, 0.05) is 11.4 Å². The summed E-state index contributed by atoms with van der Waals surface area (Å²) in [5.41, 5.74) is 0. The largest absolute Gasteiger partial charge is 0.450 e. The average molecular weight is 296 g/mol. The molecule has 0 radical (unpaired) electrons. The second-order valence-corrected chi connectivity index (χ2v) is 6.06. The number of nitrogens with one attached hydrogen (secondary N) is 1. The molecule has 1 aromatic heterocycles. The monoisotopic (exact) mass is 296 g/mol. The van der Waals surface area contributed by atoms with Crippen LogP contribution in [-0.4, -0.2) is 37.2 Å². The van der Waals surface area contributed by atoms with Crippen molar-refractivity contribution < 1.29 is 9.53 Å². The number of rotatable bonds is 5. The van der Waals surface area contributed by atoms with Gasteiger partial charge in [-0.3, -0.25) is 4.90 Å². The number of thiophene rings is 1. The van der Waals surface area contributed by atoms with Crippen molar-refractivity contribution in [2.24, 2.45) is 0 Å². The predicted octanol–water partition coefficient (Wildman–Crippen LogP) is 3.41. The number of carbonyl (C=O) groups excluding carboxylic acids is 1. The van der Waals surface area contributed by atoms with Crippen LogP contribution in [0.15, 0.2) is 17.5 Å². The van der Waals surface area contributed by atoms with Crippen LogP contribution in [-0.2, 0) is 4.74 Å². The van der Waals surface area contributed by atoms with Crippen LogP contribution in [0, 0.1) is 0 Å². The first-order valence-electron chi connectivity index (χ1n) is 7.49. The molecule has 1 atom stereocenters. The lowest BCUT2D eigenvalue weighted by Crippen LogP contribution is -2.38. The Balaban J connectivity index is 1.98. The molecule has 0 aromatic carbocycles. The van der Waals surface area contributed by atoms with E-state index in [4.69, 9.17) is 4.74 Å². The molecule has 2 heterocycles. The zero-order valence-corrected chi connectivity index (χ0v) is 13.0. The highest BCUT2D eigenvalue weighted by atomic mass is 32.1. The zero-order valence-electron chi connectivity index (χ0n) is 12.1. The number of alkyl carbamates (subject to hydrolysis) is 1. The molecule has 2 rings (SSSR count). The molecule has 0 spiro atoms. The number of hydrogen-bond acceptors (Lipinski definition) is 4. The molecule has 1 fully saturated rings. The third kappa shape index (κ3) is 4.49. The average Bonchev–Trinajstić information content (AvgIpc) is 2.83. The maximum atomic E-state index is 11.5. The van der Waals surface area contributed by atoms with E-state index in [9.17, 15) is 4.79 Å². The van der Waals surface area contributed by atoms with Crippen LogP contribution < -0.4 is 5.32 Å². The zero-order chi connectivity index (χ0) is 14.2. The van der Waals surface area contributed by atoms with Crippen LogP contribution in [0.1, 0.15) is 43.5 Å². The van der Waals surface area contributed by atoms with E-state index >= 15 is 0 Å². The molecule has 4 nitrogen and oxygen atoms in total. The van der Waals surface area contributed by atoms with Crippen molar-refractivity contribution >= 4 is 17.4 Å². The first-order valence-corrected chi connectivity index (χ1v) is 8.37. The second kappa shape index (κ2) is 8.27. The number of hydrogen-bond donors (Lipinski definition) is 1. The summed E-state index contributed by atoms with van der Waals surface area (Å²) in [6.07, 6.45) is 4.82. The number of nitrogens with zero attached hydrogens (tertiary/aromatic N) is 1. The third-order valence-corrected chi connectivity index (χ3v) is 4.64. The summed E-state index contributed by atoms with van der Waals surface area (Å²) >= 11 is 1.76. The van der Waals surface area contributed by atoms with Crippen molar-refractivity contribution in [1.82, 2.24) is 10.2 Å². The Hall–Kier alpha value is -1.07. The van der Waals surface area contributed by atoms with Crippen molar-refractivity contribution in [3.63, 3.8) is 0 Å². The van der Waals surface area contributed by atoms with Crippen LogP contribution in [0.25, 0.3) is 0 Å². The molecule has 112 valence electrons. The minimum absolute atomic E-state index is 0.275. The Bertz CT molecular complexity index is 387. The number of ether oxygens (including phenoxy) is 1. The summed E-state index contributed by atoms with van der Waals surface area (Å²) in [4.78, 5) is 15.3. The summed E-state index contributed by atoms with van der Waals surface area (Å²) < 4.78 is 4.96. The Morgan fingerprint density at radius 1 is 1.40 bits per heavy atom. The number of carbonyl (C=O) groups is 1. The SMILES string of the molecule is CCOC(=O)NCC(c1cccs1)N1CCCCCC1. The molecule has 1 amide bonds. The van der Waals surface area contributed by atoms with Gasteiger partial charge in [0.25, 0.3) is 0 Å². The third-order valence-electron chi connectivity index (χ3n) is 3.67. The smallest absolute Gasteiger partial charge is 0.407 e. The van der Waals surface area contributed by atoms with Crippen LogP contribution >= 0.6 is 11.3 Å². The van der Waals surface area contributed by atoms with Gasteiger partial charge < -0.3 is 10.1 Å². The van der Waals surface area contributed by atoms with E-state index in [-0.39, 0.29) is 12.1 Å². The fraction of sp³-hybridized carbons (Fsp3) is 0.667. The highest BCUT2D eigenvalue weighted by Crippen LogP contribution is 2.27. The van der Waals surface area contributed by atoms with E-state index in [1.54, 1.807) is 11.3 Å². The lowest BCUT2D eigenvalue weighted by atomic mass is 10.2. The van der Waals surface area contributed by atoms with Gasteiger partial charge in [-0.05, 0) is 44.3 Å². The summed E-state index contributed by atoms with van der Waals surface area (Å²) in [5, 5.41) is 5.00. The first-order chi connectivity index (χ1) is 9.81. The summed E-state index contributed by atoms with van der Waals surface area (Å²) in [6, 6.07) is 4.51. The van der Waals surface area contributed by atoms with Crippen LogP contribution in [0.3, 0.4) is 0 Å². The van der Waals surface area contributed by atoms with Gasteiger partial charge in [-0.2, -0.15) is 0 Å². The van der Waals surface area contributed by atoms with Gasteiger partial charge in [-0.25, -0.2) is 4.79 Å². The van der Waals surface area contributed by atoms with Gasteiger partial charge in [0.15, 0.2) is 0 Å². The van der Waals surface area contributed by atoms with Crippen LogP contribution in [0.2, 0.25) is 0 Å². The van der Waals surface area contributed by atoms with E-state index in [0.717, 1.165) is 13.1 Å². The van der Waals surface area contributed by atoms with Crippen LogP contribution in [0.4, 0.5) is 4.79 Å². The topological polar surface area (TPSA) is 41.6 Å². The van der Waals surface area contributed by atoms with Gasteiger partial charge in [-0.15, -0.1) is 11.3 Å². The van der Waals surface area contributed by atoms with Crippen molar-refractivity contribution in [2.45, 2.75) is 38.6 Å². The molecule has 1 saturated heterocycles. The number of likely N-dealkylation sites (tertiary alicyclic amines) is 1. The van der Waals surface area contributed by atoms with Gasteiger partial charge in [-0.1, -0.05) is 18.9 Å². The highest BCUT2D eigenvalue weighted by Gasteiger charge is 2.23. The number of amides is 1. The van der Waals surface area contributed by atoms with Crippen molar-refractivity contribution in [2.75, 3.05) is 26.2 Å². The van der Waals surface area contributed by atoms with E-state index in [1.165, 1.54) is 30.6 Å². The molecule has 1 unspecified atom stereocenters. The molecule has 0 bridgehead atoms. The van der Waals surface area contributed by atoms with Crippen molar-refractivity contribution in [1.29, 1.82) is 0 Å². The van der Waals surface area contributed by atoms with E-state index in [0.29, 0.717) is 13.2 Å². The molecule has 5 heteroatoms. The minimum Gasteiger partial charge on any atom is -0.450 e. The molecule has 0 aliphatic carbocycles.